The van der Waals surface area contributed by atoms with E-state index in [1.165, 1.54) is 17.8 Å². The number of nitrogens with one attached hydrogen (secondary N) is 1. The fourth-order valence-electron chi connectivity index (χ4n) is 1.46. The summed E-state index contributed by atoms with van der Waals surface area (Å²) in [6, 6.07) is 4.96. The molecular formula is C12H11NO3S2. The highest BCUT2D eigenvalue weighted by Gasteiger charge is 2.22. The van der Waals surface area contributed by atoms with Crippen LogP contribution in [0.25, 0.3) is 6.08 Å². The largest absolute Gasteiger partial charge is 0.507 e. The molecule has 0 aromatic heterocycles. The molecule has 1 amide bonds. The van der Waals surface area contributed by atoms with Crippen molar-refractivity contribution >= 4 is 40.3 Å². The zero-order valence-corrected chi connectivity index (χ0v) is 11.2. The Balaban J connectivity index is 2.27. The highest BCUT2D eigenvalue weighted by Crippen LogP contribution is 2.30. The lowest BCUT2D eigenvalue weighted by molar-refractivity contribution is -0.115. The van der Waals surface area contributed by atoms with Gasteiger partial charge in [0, 0.05) is 11.6 Å². The van der Waals surface area contributed by atoms with Gasteiger partial charge in [-0.15, -0.1) is 0 Å². The Morgan fingerprint density at radius 3 is 2.89 bits per heavy atom. The third-order valence-corrected chi connectivity index (χ3v) is 3.40. The van der Waals surface area contributed by atoms with Crippen LogP contribution in [0.15, 0.2) is 23.1 Å². The van der Waals surface area contributed by atoms with Gasteiger partial charge in [0.1, 0.15) is 15.8 Å². The molecule has 2 N–H and O–H groups in total. The summed E-state index contributed by atoms with van der Waals surface area (Å²) in [5.74, 6) is 0.425. The van der Waals surface area contributed by atoms with Gasteiger partial charge in [0.2, 0.25) is 0 Å². The van der Waals surface area contributed by atoms with E-state index in [9.17, 15) is 9.90 Å². The Morgan fingerprint density at radius 1 is 1.56 bits per heavy atom. The minimum absolute atomic E-state index is 0.0691. The average Bonchev–Trinajstić information content (AvgIpc) is 2.62. The molecule has 1 aromatic rings. The van der Waals surface area contributed by atoms with Gasteiger partial charge in [-0.1, -0.05) is 24.0 Å². The van der Waals surface area contributed by atoms with Crippen LogP contribution in [-0.2, 0) is 4.79 Å². The number of ether oxygens (including phenoxy) is 1. The highest BCUT2D eigenvalue weighted by molar-refractivity contribution is 8.26. The third-order valence-electron chi connectivity index (χ3n) is 2.24. The van der Waals surface area contributed by atoms with E-state index in [0.29, 0.717) is 27.1 Å². The Hall–Kier alpha value is -1.53. The first-order valence-electron chi connectivity index (χ1n) is 5.31. The predicted molar refractivity (Wildman–Crippen MR) is 75.6 cm³/mol. The maximum atomic E-state index is 11.5. The second-order valence-electron chi connectivity index (χ2n) is 3.51. The van der Waals surface area contributed by atoms with Crippen molar-refractivity contribution in [2.75, 3.05) is 6.61 Å². The van der Waals surface area contributed by atoms with Crippen molar-refractivity contribution in [2.24, 2.45) is 0 Å². The number of hydrogen-bond donors (Lipinski definition) is 2. The Morgan fingerprint density at radius 2 is 2.33 bits per heavy atom. The summed E-state index contributed by atoms with van der Waals surface area (Å²) in [7, 11) is 0. The molecule has 0 spiro atoms. The van der Waals surface area contributed by atoms with E-state index in [4.69, 9.17) is 17.0 Å². The molecule has 0 saturated carbocycles. The molecule has 0 unspecified atom stereocenters. The lowest BCUT2D eigenvalue weighted by Crippen LogP contribution is -2.17. The van der Waals surface area contributed by atoms with Crippen molar-refractivity contribution < 1.29 is 14.6 Å². The average molecular weight is 281 g/mol. The summed E-state index contributed by atoms with van der Waals surface area (Å²) in [4.78, 5) is 11.9. The maximum Gasteiger partial charge on any atom is 0.263 e. The summed E-state index contributed by atoms with van der Waals surface area (Å²) in [6.45, 7) is 2.40. The van der Waals surface area contributed by atoms with E-state index in [1.807, 2.05) is 6.92 Å². The number of amides is 1. The minimum atomic E-state index is -0.238. The number of rotatable bonds is 3. The van der Waals surface area contributed by atoms with Crippen molar-refractivity contribution in [3.8, 4) is 11.5 Å². The van der Waals surface area contributed by atoms with Crippen molar-refractivity contribution in [2.45, 2.75) is 6.92 Å². The first-order valence-corrected chi connectivity index (χ1v) is 6.53. The first-order chi connectivity index (χ1) is 8.60. The molecule has 0 bridgehead atoms. The Labute approximate surface area is 114 Å². The monoisotopic (exact) mass is 281 g/mol. The maximum absolute atomic E-state index is 11.5. The summed E-state index contributed by atoms with van der Waals surface area (Å²) in [5.41, 5.74) is 0.556. The van der Waals surface area contributed by atoms with Gasteiger partial charge in [-0.25, -0.2) is 0 Å². The van der Waals surface area contributed by atoms with Gasteiger partial charge in [0.25, 0.3) is 5.91 Å². The fraction of sp³-hybridized carbons (Fsp3) is 0.167. The number of thiocarbonyl (C=S) groups is 1. The summed E-state index contributed by atoms with van der Waals surface area (Å²) in [5, 5.41) is 12.4. The van der Waals surface area contributed by atoms with E-state index < -0.39 is 0 Å². The number of thioether (sulfide) groups is 1. The number of hydrogen-bond acceptors (Lipinski definition) is 5. The third kappa shape index (κ3) is 2.83. The molecule has 1 aromatic carbocycles. The number of carbonyl (C=O) groups is 1. The van der Waals surface area contributed by atoms with Crippen molar-refractivity contribution in [1.29, 1.82) is 0 Å². The zero-order chi connectivity index (χ0) is 13.1. The Kier molecular flexibility index (Phi) is 3.88. The van der Waals surface area contributed by atoms with E-state index >= 15 is 0 Å². The number of carbonyl (C=O) groups excluding carboxylic acids is 1. The molecule has 0 radical (unpaired) electrons. The molecule has 6 heteroatoms. The smallest absolute Gasteiger partial charge is 0.263 e. The van der Waals surface area contributed by atoms with Crippen LogP contribution in [0.2, 0.25) is 0 Å². The summed E-state index contributed by atoms with van der Waals surface area (Å²) < 4.78 is 5.69. The molecule has 1 fully saturated rings. The molecule has 4 nitrogen and oxygen atoms in total. The fourth-order valence-corrected chi connectivity index (χ4v) is 2.50. The number of phenols is 1. The number of aromatic hydroxyl groups is 1. The van der Waals surface area contributed by atoms with Crippen LogP contribution in [0.4, 0.5) is 0 Å². The molecule has 18 heavy (non-hydrogen) atoms. The van der Waals surface area contributed by atoms with Crippen LogP contribution in [-0.4, -0.2) is 21.9 Å². The highest BCUT2D eigenvalue weighted by atomic mass is 32.2. The molecule has 1 heterocycles. The van der Waals surface area contributed by atoms with Crippen LogP contribution >= 0.6 is 24.0 Å². The van der Waals surface area contributed by atoms with Crippen molar-refractivity contribution in [3.63, 3.8) is 0 Å². The number of phenolic OH excluding ortho intramolecular Hbond substituents is 1. The second-order valence-corrected chi connectivity index (χ2v) is 5.22. The quantitative estimate of drug-likeness (QED) is 0.657. The van der Waals surface area contributed by atoms with E-state index in [-0.39, 0.29) is 11.7 Å². The zero-order valence-electron chi connectivity index (χ0n) is 9.60. The van der Waals surface area contributed by atoms with Crippen LogP contribution in [0.5, 0.6) is 11.5 Å². The molecule has 94 valence electrons. The lowest BCUT2D eigenvalue weighted by atomic mass is 10.1. The van der Waals surface area contributed by atoms with Gasteiger partial charge < -0.3 is 15.2 Å². The van der Waals surface area contributed by atoms with E-state index in [1.54, 1.807) is 18.2 Å². The van der Waals surface area contributed by atoms with Crippen LogP contribution in [0, 0.1) is 0 Å². The van der Waals surface area contributed by atoms with E-state index in [2.05, 4.69) is 5.32 Å². The predicted octanol–water partition coefficient (Wildman–Crippen LogP) is 2.28. The number of benzene rings is 1. The molecule has 1 aliphatic heterocycles. The molecule has 0 aliphatic carbocycles. The minimum Gasteiger partial charge on any atom is -0.507 e. The van der Waals surface area contributed by atoms with Crippen LogP contribution in [0.1, 0.15) is 12.5 Å². The van der Waals surface area contributed by atoms with Crippen LogP contribution < -0.4 is 10.1 Å². The molecule has 1 saturated heterocycles. The first kappa shape index (κ1) is 12.9. The van der Waals surface area contributed by atoms with Crippen molar-refractivity contribution in [3.05, 3.63) is 28.7 Å². The van der Waals surface area contributed by atoms with Gasteiger partial charge in [0.15, 0.2) is 0 Å². The topological polar surface area (TPSA) is 58.6 Å². The molecule has 1 aliphatic rings. The van der Waals surface area contributed by atoms with Gasteiger partial charge in [-0.3, -0.25) is 4.79 Å². The van der Waals surface area contributed by atoms with Gasteiger partial charge in [-0.05, 0) is 25.1 Å². The molecule has 2 rings (SSSR count). The van der Waals surface area contributed by atoms with Gasteiger partial charge in [0.05, 0.1) is 11.5 Å². The van der Waals surface area contributed by atoms with E-state index in [0.717, 1.165) is 0 Å². The lowest BCUT2D eigenvalue weighted by Gasteiger charge is -2.05. The second kappa shape index (κ2) is 5.41. The van der Waals surface area contributed by atoms with Crippen molar-refractivity contribution in [1.82, 2.24) is 5.32 Å². The van der Waals surface area contributed by atoms with Gasteiger partial charge in [-0.2, -0.15) is 0 Å². The normalized spacial score (nSPS) is 17.1. The molecule has 0 atom stereocenters. The summed E-state index contributed by atoms with van der Waals surface area (Å²) >= 11 is 6.07. The Bertz CT molecular complexity index is 540. The van der Waals surface area contributed by atoms with Gasteiger partial charge >= 0.3 is 0 Å². The molecular weight excluding hydrogens is 270 g/mol. The van der Waals surface area contributed by atoms with Crippen LogP contribution in [0.3, 0.4) is 0 Å². The standard InChI is InChI=1S/C12H11NO3S2/c1-2-16-8-4-3-7(9(14)6-8)5-10-11(15)13-12(17)18-10/h3-6,14H,2H2,1H3,(H,13,15,17)/b10-5-. The SMILES string of the molecule is CCOc1ccc(/C=C2\SC(=S)NC2=O)c(O)c1. The summed E-state index contributed by atoms with van der Waals surface area (Å²) in [6.07, 6.45) is 1.60.